The molecule has 1 amide bonds. The molecule has 0 unspecified atom stereocenters. The number of carbonyl (C=O) groups excluding carboxylic acids is 2. The quantitative estimate of drug-likeness (QED) is 0.381. The highest BCUT2D eigenvalue weighted by molar-refractivity contribution is 5.84. The van der Waals surface area contributed by atoms with Gasteiger partial charge in [0, 0.05) is 6.42 Å². The van der Waals surface area contributed by atoms with Crippen LogP contribution in [0.4, 0.5) is 0 Å². The highest BCUT2D eigenvalue weighted by Crippen LogP contribution is 2.09. The maximum Gasteiger partial charge on any atom is 0.328 e. The summed E-state index contributed by atoms with van der Waals surface area (Å²) in [6, 6.07) is -0.534. The van der Waals surface area contributed by atoms with E-state index in [1.807, 2.05) is 0 Å². The molecular formula is C17H34N2O3. The van der Waals surface area contributed by atoms with Gasteiger partial charge in [0.25, 0.3) is 0 Å². The molecule has 0 aliphatic heterocycles. The molecule has 0 bridgehead atoms. The van der Waals surface area contributed by atoms with E-state index in [-0.39, 0.29) is 11.9 Å². The van der Waals surface area contributed by atoms with Crippen LogP contribution in [0, 0.1) is 0 Å². The monoisotopic (exact) mass is 314 g/mol. The number of nitrogens with two attached hydrogens (primary N) is 1. The Hall–Kier alpha value is -1.10. The SMILES string of the molecule is CCCCCCCCCC(=O)N[C@@H](CCCCN)C(=O)OC. The summed E-state index contributed by atoms with van der Waals surface area (Å²) in [7, 11) is 1.35. The van der Waals surface area contributed by atoms with Gasteiger partial charge in [0.2, 0.25) is 5.91 Å². The van der Waals surface area contributed by atoms with Gasteiger partial charge < -0.3 is 15.8 Å². The number of amides is 1. The zero-order chi connectivity index (χ0) is 16.6. The minimum Gasteiger partial charge on any atom is -0.467 e. The zero-order valence-corrected chi connectivity index (χ0v) is 14.4. The standard InChI is InChI=1S/C17H34N2O3/c1-3-4-5-6-7-8-9-13-16(20)19-15(17(21)22-2)12-10-11-14-18/h15H,3-14,18H2,1-2H3,(H,19,20)/t15-/m0/s1. The molecule has 0 fully saturated rings. The van der Waals surface area contributed by atoms with Gasteiger partial charge in [0.05, 0.1) is 7.11 Å². The third-order valence-electron chi connectivity index (χ3n) is 3.78. The van der Waals surface area contributed by atoms with E-state index in [1.165, 1.54) is 39.2 Å². The maximum atomic E-state index is 11.9. The molecule has 0 saturated carbocycles. The summed E-state index contributed by atoms with van der Waals surface area (Å²) >= 11 is 0. The van der Waals surface area contributed by atoms with Crippen LogP contribution in [-0.4, -0.2) is 31.6 Å². The lowest BCUT2D eigenvalue weighted by molar-refractivity contribution is -0.145. The van der Waals surface area contributed by atoms with Gasteiger partial charge in [-0.15, -0.1) is 0 Å². The molecule has 0 heterocycles. The molecule has 0 aromatic heterocycles. The smallest absolute Gasteiger partial charge is 0.328 e. The summed E-state index contributed by atoms with van der Waals surface area (Å²) < 4.78 is 4.74. The average molecular weight is 314 g/mol. The Kier molecular flexibility index (Phi) is 14.1. The molecule has 0 rings (SSSR count). The topological polar surface area (TPSA) is 81.4 Å². The van der Waals surface area contributed by atoms with E-state index < -0.39 is 6.04 Å². The second kappa shape index (κ2) is 14.8. The van der Waals surface area contributed by atoms with Crippen molar-refractivity contribution in [3.8, 4) is 0 Å². The number of hydrogen-bond acceptors (Lipinski definition) is 4. The largest absolute Gasteiger partial charge is 0.467 e. The van der Waals surface area contributed by atoms with Crippen LogP contribution < -0.4 is 11.1 Å². The van der Waals surface area contributed by atoms with Gasteiger partial charge in [-0.1, -0.05) is 45.4 Å². The van der Waals surface area contributed by atoms with Gasteiger partial charge in [-0.3, -0.25) is 4.79 Å². The number of ether oxygens (including phenoxy) is 1. The van der Waals surface area contributed by atoms with Crippen LogP contribution in [0.1, 0.15) is 77.6 Å². The van der Waals surface area contributed by atoms with Crippen LogP contribution in [0.5, 0.6) is 0 Å². The van der Waals surface area contributed by atoms with Crippen LogP contribution in [0.15, 0.2) is 0 Å². The number of nitrogens with one attached hydrogen (secondary N) is 1. The number of unbranched alkanes of at least 4 members (excludes halogenated alkanes) is 7. The second-order valence-corrected chi connectivity index (χ2v) is 5.80. The third-order valence-corrected chi connectivity index (χ3v) is 3.78. The molecule has 3 N–H and O–H groups in total. The first-order valence-corrected chi connectivity index (χ1v) is 8.73. The molecule has 5 nitrogen and oxygen atoms in total. The first-order chi connectivity index (χ1) is 10.7. The first-order valence-electron chi connectivity index (χ1n) is 8.73. The second-order valence-electron chi connectivity index (χ2n) is 5.80. The zero-order valence-electron chi connectivity index (χ0n) is 14.4. The Morgan fingerprint density at radius 3 is 2.23 bits per heavy atom. The Bertz CT molecular complexity index is 296. The number of rotatable bonds is 14. The van der Waals surface area contributed by atoms with Gasteiger partial charge >= 0.3 is 5.97 Å². The van der Waals surface area contributed by atoms with Crippen molar-refractivity contribution in [3.05, 3.63) is 0 Å². The van der Waals surface area contributed by atoms with Gasteiger partial charge in [0.1, 0.15) is 6.04 Å². The van der Waals surface area contributed by atoms with Gasteiger partial charge in [0.15, 0.2) is 0 Å². The molecule has 0 radical (unpaired) electrons. The molecule has 0 aromatic rings. The highest BCUT2D eigenvalue weighted by atomic mass is 16.5. The Balaban J connectivity index is 3.84. The summed E-state index contributed by atoms with van der Waals surface area (Å²) in [5.41, 5.74) is 5.45. The number of methoxy groups -OCH3 is 1. The predicted octanol–water partition coefficient (Wildman–Crippen LogP) is 2.91. The lowest BCUT2D eigenvalue weighted by Crippen LogP contribution is -2.41. The van der Waals surface area contributed by atoms with Crippen molar-refractivity contribution in [2.45, 2.75) is 83.6 Å². The van der Waals surface area contributed by atoms with Crippen molar-refractivity contribution in [3.63, 3.8) is 0 Å². The maximum absolute atomic E-state index is 11.9. The lowest BCUT2D eigenvalue weighted by Gasteiger charge is -2.16. The lowest BCUT2D eigenvalue weighted by atomic mass is 10.1. The molecule has 0 saturated heterocycles. The van der Waals surface area contributed by atoms with Gasteiger partial charge in [-0.25, -0.2) is 4.79 Å². The van der Waals surface area contributed by atoms with E-state index in [1.54, 1.807) is 0 Å². The summed E-state index contributed by atoms with van der Waals surface area (Å²) in [5.74, 6) is -0.429. The van der Waals surface area contributed by atoms with E-state index in [2.05, 4.69) is 12.2 Å². The minimum absolute atomic E-state index is 0.0586. The Morgan fingerprint density at radius 1 is 1.00 bits per heavy atom. The number of carbonyl (C=O) groups is 2. The molecule has 0 aliphatic carbocycles. The molecule has 130 valence electrons. The Labute approximate surface area is 135 Å². The fourth-order valence-corrected chi connectivity index (χ4v) is 2.39. The normalized spacial score (nSPS) is 12.0. The number of esters is 1. The van der Waals surface area contributed by atoms with Gasteiger partial charge in [-0.2, -0.15) is 0 Å². The molecular weight excluding hydrogens is 280 g/mol. The van der Waals surface area contributed by atoms with Crippen molar-refractivity contribution >= 4 is 11.9 Å². The summed E-state index contributed by atoms with van der Waals surface area (Å²) in [4.78, 5) is 23.5. The van der Waals surface area contributed by atoms with E-state index in [9.17, 15) is 9.59 Å². The first kappa shape index (κ1) is 20.9. The van der Waals surface area contributed by atoms with Crippen molar-refractivity contribution in [2.24, 2.45) is 5.73 Å². The number of hydrogen-bond donors (Lipinski definition) is 2. The predicted molar refractivity (Wildman–Crippen MR) is 89.5 cm³/mol. The van der Waals surface area contributed by atoms with Crippen LogP contribution in [0.25, 0.3) is 0 Å². The molecule has 5 heteroatoms. The van der Waals surface area contributed by atoms with E-state index >= 15 is 0 Å². The van der Waals surface area contributed by atoms with Crippen LogP contribution in [0.2, 0.25) is 0 Å². The van der Waals surface area contributed by atoms with Crippen LogP contribution in [0.3, 0.4) is 0 Å². The van der Waals surface area contributed by atoms with Crippen molar-refractivity contribution in [1.82, 2.24) is 5.32 Å². The minimum atomic E-state index is -0.534. The summed E-state index contributed by atoms with van der Waals surface area (Å²) in [5, 5.41) is 2.78. The molecule has 22 heavy (non-hydrogen) atoms. The van der Waals surface area contributed by atoms with Crippen molar-refractivity contribution in [2.75, 3.05) is 13.7 Å². The highest BCUT2D eigenvalue weighted by Gasteiger charge is 2.20. The average Bonchev–Trinajstić information content (AvgIpc) is 2.52. The Morgan fingerprint density at radius 2 is 1.64 bits per heavy atom. The van der Waals surface area contributed by atoms with Crippen molar-refractivity contribution in [1.29, 1.82) is 0 Å². The summed E-state index contributed by atoms with van der Waals surface area (Å²) in [6.07, 6.45) is 11.0. The fraction of sp³-hybridized carbons (Fsp3) is 0.882. The van der Waals surface area contributed by atoms with Crippen molar-refractivity contribution < 1.29 is 14.3 Å². The third kappa shape index (κ3) is 11.5. The van der Waals surface area contributed by atoms with Crippen LogP contribution in [-0.2, 0) is 14.3 Å². The van der Waals surface area contributed by atoms with E-state index in [0.29, 0.717) is 19.4 Å². The molecule has 0 aliphatic rings. The van der Waals surface area contributed by atoms with E-state index in [4.69, 9.17) is 10.5 Å². The molecule has 0 spiro atoms. The molecule has 0 aromatic carbocycles. The summed E-state index contributed by atoms with van der Waals surface area (Å²) in [6.45, 7) is 2.80. The van der Waals surface area contributed by atoms with Gasteiger partial charge in [-0.05, 0) is 32.2 Å². The van der Waals surface area contributed by atoms with E-state index in [0.717, 1.165) is 25.7 Å². The fourth-order valence-electron chi connectivity index (χ4n) is 2.39. The molecule has 1 atom stereocenters. The van der Waals surface area contributed by atoms with Crippen LogP contribution >= 0.6 is 0 Å².